The molecule has 0 saturated carbocycles. The molecule has 0 aromatic carbocycles. The van der Waals surface area contributed by atoms with Crippen LogP contribution in [0, 0.1) is 0 Å². The Morgan fingerprint density at radius 3 is 2.64 bits per heavy atom. The number of nitrogens with one attached hydrogen (secondary N) is 1. The molecule has 3 N–H and O–H groups in total. The van der Waals surface area contributed by atoms with Gasteiger partial charge in [-0.1, -0.05) is 29.3 Å². The van der Waals surface area contributed by atoms with E-state index in [0.717, 1.165) is 0 Å². The number of aromatic nitrogens is 1. The van der Waals surface area contributed by atoms with Crippen LogP contribution >= 0.6 is 23.2 Å². The highest BCUT2D eigenvalue weighted by Gasteiger charge is 2.47. The quantitative estimate of drug-likeness (QED) is 0.767. The Bertz CT molecular complexity index is 1160. The number of hydrogen-bond donors (Lipinski definition) is 2. The van der Waals surface area contributed by atoms with Gasteiger partial charge in [0.25, 0.3) is 0 Å². The predicted molar refractivity (Wildman–Crippen MR) is 97.0 cm³/mol. The molecule has 0 spiro atoms. The number of hydrazone groups is 1. The fourth-order valence-corrected chi connectivity index (χ4v) is 4.00. The minimum Gasteiger partial charge on any atom is -0.451 e. The van der Waals surface area contributed by atoms with Gasteiger partial charge in [0.2, 0.25) is 5.91 Å². The van der Waals surface area contributed by atoms with Crippen LogP contribution in [0.2, 0.25) is 10.0 Å². The molecule has 2 aromatic rings. The third-order valence-corrected chi connectivity index (χ3v) is 4.97. The van der Waals surface area contributed by atoms with E-state index in [1.807, 2.05) is 0 Å². The average molecular weight is 427 g/mol. The molecular weight excluding hydrogens is 417 g/mol. The van der Waals surface area contributed by atoms with E-state index in [0.29, 0.717) is 5.56 Å². The van der Waals surface area contributed by atoms with Gasteiger partial charge in [0, 0.05) is 29.1 Å². The summed E-state index contributed by atoms with van der Waals surface area (Å²) in [4.78, 5) is 16.7. The summed E-state index contributed by atoms with van der Waals surface area (Å²) >= 11 is 12.6. The lowest BCUT2D eigenvalue weighted by Crippen LogP contribution is -2.46. The number of primary amides is 1. The summed E-state index contributed by atoms with van der Waals surface area (Å²) in [5, 5.41) is 4.03. The number of pyridine rings is 1. The zero-order valence-electron chi connectivity index (χ0n) is 13.7. The van der Waals surface area contributed by atoms with Gasteiger partial charge in [-0.3, -0.25) is 15.2 Å². The molecule has 1 amide bonds. The van der Waals surface area contributed by atoms with E-state index in [4.69, 9.17) is 33.4 Å². The average Bonchev–Trinajstić information content (AvgIpc) is 3.03. The van der Waals surface area contributed by atoms with Crippen LogP contribution in [0.15, 0.2) is 34.1 Å². The fraction of sp³-hybridized carbons (Fsp3) is 0.118. The van der Waals surface area contributed by atoms with Gasteiger partial charge >= 0.3 is 6.61 Å². The topological polar surface area (TPSA) is 103 Å². The van der Waals surface area contributed by atoms with Crippen molar-refractivity contribution in [3.63, 3.8) is 0 Å². The van der Waals surface area contributed by atoms with E-state index in [2.05, 4.69) is 20.2 Å². The minimum atomic E-state index is -3.11. The van der Waals surface area contributed by atoms with Crippen LogP contribution in [0.25, 0.3) is 12.0 Å². The van der Waals surface area contributed by atoms with Gasteiger partial charge in [-0.15, -0.1) is 0 Å². The van der Waals surface area contributed by atoms with Crippen molar-refractivity contribution < 1.29 is 22.7 Å². The molecule has 2 aliphatic rings. The number of ether oxygens (including phenoxy) is 1. The van der Waals surface area contributed by atoms with Crippen molar-refractivity contribution in [1.82, 2.24) is 10.4 Å². The molecule has 11 heteroatoms. The Kier molecular flexibility index (Phi) is 4.35. The number of furan rings is 1. The molecule has 7 nitrogen and oxygen atoms in total. The van der Waals surface area contributed by atoms with Crippen molar-refractivity contribution in [2.75, 3.05) is 0 Å². The molecule has 4 rings (SSSR count). The summed E-state index contributed by atoms with van der Waals surface area (Å²) in [5.74, 6) is -1.13. The molecule has 144 valence electrons. The number of carbonyl (C=O) groups is 1. The van der Waals surface area contributed by atoms with E-state index in [-0.39, 0.29) is 37.8 Å². The third-order valence-electron chi connectivity index (χ3n) is 4.39. The first kappa shape index (κ1) is 18.5. The third kappa shape index (κ3) is 2.58. The maximum absolute atomic E-state index is 12.9. The maximum atomic E-state index is 12.9. The lowest BCUT2D eigenvalue weighted by atomic mass is 9.71. The number of rotatable bonds is 4. The molecule has 0 saturated heterocycles. The van der Waals surface area contributed by atoms with Crippen LogP contribution in [0.4, 0.5) is 8.78 Å². The molecule has 0 bridgehead atoms. The van der Waals surface area contributed by atoms with Gasteiger partial charge in [0.1, 0.15) is 5.41 Å². The highest BCUT2D eigenvalue weighted by Crippen LogP contribution is 2.43. The van der Waals surface area contributed by atoms with Gasteiger partial charge < -0.3 is 14.9 Å². The summed E-state index contributed by atoms with van der Waals surface area (Å²) in [6, 6.07) is 0. The highest BCUT2D eigenvalue weighted by molar-refractivity contribution is 6.36. The van der Waals surface area contributed by atoms with Crippen LogP contribution in [0.3, 0.4) is 0 Å². The second-order valence-electron chi connectivity index (χ2n) is 5.84. The lowest BCUT2D eigenvalue weighted by Gasteiger charge is -2.31. The van der Waals surface area contributed by atoms with Crippen molar-refractivity contribution in [1.29, 1.82) is 0 Å². The molecule has 1 atom stereocenters. The van der Waals surface area contributed by atoms with Crippen molar-refractivity contribution in [3.05, 3.63) is 62.1 Å². The molecule has 1 unspecified atom stereocenters. The Morgan fingerprint density at radius 1 is 1.29 bits per heavy atom. The van der Waals surface area contributed by atoms with E-state index >= 15 is 0 Å². The van der Waals surface area contributed by atoms with Crippen molar-refractivity contribution in [2.45, 2.75) is 12.0 Å². The second kappa shape index (κ2) is 6.61. The number of halogens is 4. The normalized spacial score (nSPS) is 19.7. The SMILES string of the molecule is NC(=O)C1(c2c(Cl)cncc2Cl)C=CC(OC(F)F)=c2oc3c(c21)C=NNC=3. The summed E-state index contributed by atoms with van der Waals surface area (Å²) in [6.07, 6.45) is 7.83. The van der Waals surface area contributed by atoms with Crippen molar-refractivity contribution in [3.8, 4) is 0 Å². The molecule has 2 aromatic heterocycles. The number of hydrogen-bond acceptors (Lipinski definition) is 6. The molecule has 0 fully saturated rings. The van der Waals surface area contributed by atoms with Gasteiger partial charge in [0.05, 0.1) is 22.5 Å². The van der Waals surface area contributed by atoms with Crippen molar-refractivity contribution >= 4 is 47.3 Å². The molecule has 1 aliphatic heterocycles. The Morgan fingerprint density at radius 2 is 2.00 bits per heavy atom. The first-order chi connectivity index (χ1) is 13.4. The van der Waals surface area contributed by atoms with Gasteiger partial charge in [-0.25, -0.2) is 0 Å². The van der Waals surface area contributed by atoms with Crippen LogP contribution < -0.4 is 22.0 Å². The Labute approximate surface area is 165 Å². The van der Waals surface area contributed by atoms with Crippen LogP contribution in [0.5, 0.6) is 0 Å². The highest BCUT2D eigenvalue weighted by atomic mass is 35.5. The second-order valence-corrected chi connectivity index (χ2v) is 6.66. The molecule has 28 heavy (non-hydrogen) atoms. The molecule has 1 aliphatic carbocycles. The smallest absolute Gasteiger partial charge is 0.387 e. The van der Waals surface area contributed by atoms with Gasteiger partial charge in [-0.2, -0.15) is 13.9 Å². The van der Waals surface area contributed by atoms with E-state index < -0.39 is 17.9 Å². The zero-order valence-corrected chi connectivity index (χ0v) is 15.3. The first-order valence-corrected chi connectivity index (χ1v) is 8.51. The van der Waals surface area contributed by atoms with Crippen LogP contribution in [-0.2, 0) is 14.9 Å². The fourth-order valence-electron chi connectivity index (χ4n) is 3.33. The molecule has 0 radical (unpaired) electrons. The van der Waals surface area contributed by atoms with Crippen LogP contribution in [0.1, 0.15) is 16.7 Å². The monoisotopic (exact) mass is 426 g/mol. The number of nitrogens with zero attached hydrogens (tertiary/aromatic N) is 2. The minimum absolute atomic E-state index is 0.0601. The standard InChI is InChI=1S/C17H10Cl2F2N4O3/c18-8-4-23-5-9(19)13(8)17(15(22)26)2-1-10(28-16(20)21)14-12(17)7-3-24-25-6-11(7)27-14/h1-6,16,25H,(H2,22,26). The lowest BCUT2D eigenvalue weighted by molar-refractivity contribution is -0.120. The number of carbonyl (C=O) groups excluding carboxylic acids is 1. The number of nitrogens with two attached hydrogens (primary N) is 1. The number of amides is 1. The van der Waals surface area contributed by atoms with Gasteiger partial charge in [-0.05, 0) is 6.08 Å². The Balaban J connectivity index is 2.17. The van der Waals surface area contributed by atoms with Crippen molar-refractivity contribution in [2.24, 2.45) is 10.8 Å². The maximum Gasteiger partial charge on any atom is 0.387 e. The summed E-state index contributed by atoms with van der Waals surface area (Å²) in [7, 11) is 0. The summed E-state index contributed by atoms with van der Waals surface area (Å²) in [5.41, 5.74) is 7.40. The van der Waals surface area contributed by atoms with Crippen LogP contribution in [-0.4, -0.2) is 23.7 Å². The number of fused-ring (bicyclic) bond motifs is 3. The summed E-state index contributed by atoms with van der Waals surface area (Å²) in [6.45, 7) is -3.11. The largest absolute Gasteiger partial charge is 0.451 e. The predicted octanol–water partition coefficient (Wildman–Crippen LogP) is 1.35. The first-order valence-electron chi connectivity index (χ1n) is 7.76. The van der Waals surface area contributed by atoms with E-state index in [1.165, 1.54) is 37.0 Å². The summed E-state index contributed by atoms with van der Waals surface area (Å²) < 4.78 is 36.0. The van der Waals surface area contributed by atoms with Gasteiger partial charge in [0.15, 0.2) is 16.6 Å². The zero-order chi connectivity index (χ0) is 20.1. The number of alkyl halides is 2. The molecular formula is C17H10Cl2F2N4O3. The Hall–Kier alpha value is -2.91. The molecule has 3 heterocycles. The van der Waals surface area contributed by atoms with E-state index in [1.54, 1.807) is 0 Å². The van der Waals surface area contributed by atoms with E-state index in [9.17, 15) is 13.6 Å².